The molecule has 0 radical (unpaired) electrons. The molecule has 0 bridgehead atoms. The number of hydrogen-bond donors (Lipinski definition) is 0. The van der Waals surface area contributed by atoms with Gasteiger partial charge >= 0.3 is 0 Å². The van der Waals surface area contributed by atoms with Crippen LogP contribution in [0.2, 0.25) is 0 Å². The van der Waals surface area contributed by atoms with E-state index in [-0.39, 0.29) is 11.7 Å². The van der Waals surface area contributed by atoms with Crippen molar-refractivity contribution in [3.05, 3.63) is 71.8 Å². The van der Waals surface area contributed by atoms with Gasteiger partial charge in [-0.2, -0.15) is 0 Å². The Morgan fingerprint density at radius 3 is 2.54 bits per heavy atom. The zero-order chi connectivity index (χ0) is 19.8. The second kappa shape index (κ2) is 10.1. The summed E-state index contributed by atoms with van der Waals surface area (Å²) in [5.41, 5.74) is 2.15. The van der Waals surface area contributed by atoms with Crippen molar-refractivity contribution in [1.29, 1.82) is 0 Å². The Balaban J connectivity index is 1.38. The highest BCUT2D eigenvalue weighted by Crippen LogP contribution is 2.19. The van der Waals surface area contributed by atoms with E-state index < -0.39 is 0 Å². The predicted molar refractivity (Wildman–Crippen MR) is 110 cm³/mol. The third-order valence-electron chi connectivity index (χ3n) is 5.37. The van der Waals surface area contributed by atoms with E-state index in [1.54, 1.807) is 18.5 Å². The summed E-state index contributed by atoms with van der Waals surface area (Å²) >= 11 is 0. The van der Waals surface area contributed by atoms with Crippen LogP contribution >= 0.6 is 0 Å². The lowest BCUT2D eigenvalue weighted by Gasteiger charge is -2.33. The first-order valence-corrected chi connectivity index (χ1v) is 9.90. The number of carbonyl (C=O) groups is 1. The van der Waals surface area contributed by atoms with Crippen LogP contribution in [0.1, 0.15) is 24.0 Å². The smallest absolute Gasteiger partial charge is 0.246 e. The Bertz CT molecular complexity index is 768. The lowest BCUT2D eigenvalue weighted by molar-refractivity contribution is -0.125. The molecule has 3 rings (SSSR count). The van der Waals surface area contributed by atoms with E-state index in [2.05, 4.69) is 9.88 Å². The molecule has 1 aliphatic heterocycles. The van der Waals surface area contributed by atoms with E-state index in [1.165, 1.54) is 17.7 Å². The number of rotatable bonds is 7. The number of pyridine rings is 1. The summed E-state index contributed by atoms with van der Waals surface area (Å²) < 4.78 is 13.0. The molecule has 1 aliphatic rings. The third kappa shape index (κ3) is 6.27. The van der Waals surface area contributed by atoms with Crippen LogP contribution in [0.5, 0.6) is 0 Å². The number of nitrogens with zero attached hydrogens (tertiary/aromatic N) is 3. The van der Waals surface area contributed by atoms with Crippen LogP contribution in [-0.4, -0.2) is 53.9 Å². The van der Waals surface area contributed by atoms with Crippen molar-refractivity contribution in [2.45, 2.75) is 19.3 Å². The molecular weight excluding hydrogens is 353 g/mol. The maximum Gasteiger partial charge on any atom is 0.246 e. The maximum absolute atomic E-state index is 13.0. The SMILES string of the molecule is CN(CC1CCN(CCc2ccc(F)cc2)CC1)C(=O)C=Cc1ccncc1. The minimum Gasteiger partial charge on any atom is -0.342 e. The summed E-state index contributed by atoms with van der Waals surface area (Å²) in [6.07, 6.45) is 10.1. The van der Waals surface area contributed by atoms with Crippen molar-refractivity contribution in [2.24, 2.45) is 5.92 Å². The second-order valence-corrected chi connectivity index (χ2v) is 7.49. The fourth-order valence-corrected chi connectivity index (χ4v) is 3.58. The fraction of sp³-hybridized carbons (Fsp3) is 0.391. The first kappa shape index (κ1) is 20.2. The van der Waals surface area contributed by atoms with Crippen LogP contribution in [0, 0.1) is 11.7 Å². The van der Waals surface area contributed by atoms with Crippen molar-refractivity contribution < 1.29 is 9.18 Å². The fourth-order valence-electron chi connectivity index (χ4n) is 3.58. The number of benzene rings is 1. The Hall–Kier alpha value is -2.53. The summed E-state index contributed by atoms with van der Waals surface area (Å²) in [6, 6.07) is 10.5. The number of likely N-dealkylation sites (N-methyl/N-ethyl adjacent to an activating group) is 1. The molecule has 5 heteroatoms. The van der Waals surface area contributed by atoms with Gasteiger partial charge in [0.2, 0.25) is 5.91 Å². The number of likely N-dealkylation sites (tertiary alicyclic amines) is 1. The van der Waals surface area contributed by atoms with Crippen LogP contribution in [0.15, 0.2) is 54.9 Å². The average molecular weight is 381 g/mol. The summed E-state index contributed by atoms with van der Waals surface area (Å²) in [6.45, 7) is 3.91. The number of aromatic nitrogens is 1. The van der Waals surface area contributed by atoms with Gasteiger partial charge in [0, 0.05) is 38.6 Å². The lowest BCUT2D eigenvalue weighted by atomic mass is 9.96. The molecule has 1 aromatic heterocycles. The van der Waals surface area contributed by atoms with E-state index in [1.807, 2.05) is 42.3 Å². The van der Waals surface area contributed by atoms with Gasteiger partial charge in [-0.25, -0.2) is 4.39 Å². The first-order valence-electron chi connectivity index (χ1n) is 9.90. The van der Waals surface area contributed by atoms with Gasteiger partial charge in [-0.3, -0.25) is 9.78 Å². The Morgan fingerprint density at radius 1 is 1.18 bits per heavy atom. The molecule has 2 aromatic rings. The number of hydrogen-bond acceptors (Lipinski definition) is 3. The summed E-state index contributed by atoms with van der Waals surface area (Å²) in [7, 11) is 1.88. The molecule has 2 heterocycles. The zero-order valence-corrected chi connectivity index (χ0v) is 16.4. The van der Waals surface area contributed by atoms with Gasteiger partial charge in [-0.1, -0.05) is 12.1 Å². The molecule has 1 fully saturated rings. The van der Waals surface area contributed by atoms with E-state index >= 15 is 0 Å². The molecule has 0 unspecified atom stereocenters. The van der Waals surface area contributed by atoms with Crippen molar-refractivity contribution >= 4 is 12.0 Å². The molecule has 1 saturated heterocycles. The standard InChI is InChI=1S/C23H28FN3O/c1-26(23(28)7-4-20-8-13-25-14-9-20)18-21-11-16-27(17-12-21)15-10-19-2-5-22(24)6-3-19/h2-9,13-14,21H,10-12,15-18H2,1H3. The minimum absolute atomic E-state index is 0.0375. The Labute approximate surface area is 166 Å². The summed E-state index contributed by atoms with van der Waals surface area (Å²) in [4.78, 5) is 20.6. The van der Waals surface area contributed by atoms with Gasteiger partial charge < -0.3 is 9.80 Å². The number of halogens is 1. The second-order valence-electron chi connectivity index (χ2n) is 7.49. The van der Waals surface area contributed by atoms with E-state index in [0.29, 0.717) is 5.92 Å². The largest absolute Gasteiger partial charge is 0.342 e. The van der Waals surface area contributed by atoms with E-state index in [9.17, 15) is 9.18 Å². The molecule has 0 aliphatic carbocycles. The summed E-state index contributed by atoms with van der Waals surface area (Å²) in [5, 5.41) is 0. The molecule has 0 atom stereocenters. The van der Waals surface area contributed by atoms with Gasteiger partial charge in [0.25, 0.3) is 0 Å². The van der Waals surface area contributed by atoms with Crippen molar-refractivity contribution in [3.8, 4) is 0 Å². The average Bonchev–Trinajstić information content (AvgIpc) is 2.73. The predicted octanol–water partition coefficient (Wildman–Crippen LogP) is 3.65. The third-order valence-corrected chi connectivity index (χ3v) is 5.37. The van der Waals surface area contributed by atoms with Crippen LogP contribution in [0.4, 0.5) is 4.39 Å². The molecule has 4 nitrogen and oxygen atoms in total. The minimum atomic E-state index is -0.182. The van der Waals surface area contributed by atoms with Gasteiger partial charge in [0.15, 0.2) is 0 Å². The molecule has 28 heavy (non-hydrogen) atoms. The monoisotopic (exact) mass is 381 g/mol. The van der Waals surface area contributed by atoms with Crippen LogP contribution < -0.4 is 0 Å². The van der Waals surface area contributed by atoms with Gasteiger partial charge in [-0.15, -0.1) is 0 Å². The number of piperidine rings is 1. The van der Waals surface area contributed by atoms with Crippen LogP contribution in [-0.2, 0) is 11.2 Å². The molecule has 0 N–H and O–H groups in total. The van der Waals surface area contributed by atoms with Gasteiger partial charge in [0.1, 0.15) is 5.82 Å². The molecule has 1 amide bonds. The van der Waals surface area contributed by atoms with Crippen molar-refractivity contribution in [3.63, 3.8) is 0 Å². The molecule has 0 spiro atoms. The van der Waals surface area contributed by atoms with Gasteiger partial charge in [0.05, 0.1) is 0 Å². The van der Waals surface area contributed by atoms with Crippen molar-refractivity contribution in [1.82, 2.24) is 14.8 Å². The Morgan fingerprint density at radius 2 is 1.86 bits per heavy atom. The highest BCUT2D eigenvalue weighted by Gasteiger charge is 2.21. The van der Waals surface area contributed by atoms with E-state index in [4.69, 9.17) is 0 Å². The van der Waals surface area contributed by atoms with E-state index in [0.717, 1.165) is 51.0 Å². The van der Waals surface area contributed by atoms with Crippen LogP contribution in [0.3, 0.4) is 0 Å². The number of amides is 1. The zero-order valence-electron chi connectivity index (χ0n) is 16.4. The molecule has 148 valence electrons. The maximum atomic E-state index is 13.0. The normalized spacial score (nSPS) is 15.8. The van der Waals surface area contributed by atoms with Crippen LogP contribution in [0.25, 0.3) is 6.08 Å². The molecular formula is C23H28FN3O. The molecule has 1 aromatic carbocycles. The quantitative estimate of drug-likeness (QED) is 0.687. The lowest BCUT2D eigenvalue weighted by Crippen LogP contribution is -2.39. The summed E-state index contributed by atoms with van der Waals surface area (Å²) in [5.74, 6) is 0.403. The molecule has 0 saturated carbocycles. The number of carbonyl (C=O) groups excluding carboxylic acids is 1. The topological polar surface area (TPSA) is 36.4 Å². The highest BCUT2D eigenvalue weighted by atomic mass is 19.1. The highest BCUT2D eigenvalue weighted by molar-refractivity contribution is 5.91. The Kier molecular flexibility index (Phi) is 7.31. The first-order chi connectivity index (χ1) is 13.6. The van der Waals surface area contributed by atoms with Gasteiger partial charge in [-0.05, 0) is 79.7 Å². The van der Waals surface area contributed by atoms with Crippen molar-refractivity contribution in [2.75, 3.05) is 33.2 Å².